The Balaban J connectivity index is 1.82. The molecule has 0 fully saturated rings. The van der Waals surface area contributed by atoms with Crippen molar-refractivity contribution in [2.24, 2.45) is 0 Å². The van der Waals surface area contributed by atoms with Crippen LogP contribution < -0.4 is 4.72 Å². The number of furan rings is 1. The molecule has 0 aliphatic heterocycles. The van der Waals surface area contributed by atoms with E-state index in [4.69, 9.17) is 4.42 Å². The Kier molecular flexibility index (Phi) is 4.66. The van der Waals surface area contributed by atoms with Gasteiger partial charge in [-0.1, -0.05) is 24.3 Å². The molecule has 0 aliphatic rings. The standard InChI is InChI=1S/C17H15NO4S2/c1-12(18-24(20,21)16-8-4-10-23-16)13-5-2-6-14(11-13)17(19)15-7-3-9-22-15/h2-12,18H,1H3. The van der Waals surface area contributed by atoms with E-state index in [-0.39, 0.29) is 15.8 Å². The van der Waals surface area contributed by atoms with Crippen LogP contribution in [0.15, 0.2) is 68.8 Å². The molecule has 7 heteroatoms. The summed E-state index contributed by atoms with van der Waals surface area (Å²) in [4.78, 5) is 12.3. The van der Waals surface area contributed by atoms with Gasteiger partial charge in [-0.2, -0.15) is 0 Å². The van der Waals surface area contributed by atoms with Crippen molar-refractivity contribution in [3.05, 3.63) is 77.1 Å². The van der Waals surface area contributed by atoms with Gasteiger partial charge in [-0.15, -0.1) is 11.3 Å². The second kappa shape index (κ2) is 6.72. The summed E-state index contributed by atoms with van der Waals surface area (Å²) in [5, 5.41) is 1.71. The van der Waals surface area contributed by atoms with E-state index >= 15 is 0 Å². The fourth-order valence-electron chi connectivity index (χ4n) is 2.27. The summed E-state index contributed by atoms with van der Waals surface area (Å²) in [6.07, 6.45) is 1.44. The van der Waals surface area contributed by atoms with Gasteiger partial charge < -0.3 is 4.42 Å². The lowest BCUT2D eigenvalue weighted by Crippen LogP contribution is -2.26. The van der Waals surface area contributed by atoms with Crippen molar-refractivity contribution in [3.8, 4) is 0 Å². The summed E-state index contributed by atoms with van der Waals surface area (Å²) in [6.45, 7) is 1.74. The van der Waals surface area contributed by atoms with Crippen LogP contribution in [0.2, 0.25) is 0 Å². The predicted molar refractivity (Wildman–Crippen MR) is 91.6 cm³/mol. The minimum Gasteiger partial charge on any atom is -0.461 e. The largest absolute Gasteiger partial charge is 0.461 e. The van der Waals surface area contributed by atoms with Crippen LogP contribution >= 0.6 is 11.3 Å². The third kappa shape index (κ3) is 3.48. The number of rotatable bonds is 6. The maximum absolute atomic E-state index is 12.3. The second-order valence-electron chi connectivity index (χ2n) is 5.21. The van der Waals surface area contributed by atoms with Crippen LogP contribution in [0.25, 0.3) is 0 Å². The molecule has 24 heavy (non-hydrogen) atoms. The summed E-state index contributed by atoms with van der Waals surface area (Å²) in [5.41, 5.74) is 1.15. The maximum Gasteiger partial charge on any atom is 0.250 e. The van der Waals surface area contributed by atoms with Gasteiger partial charge in [0.05, 0.1) is 6.26 Å². The molecule has 0 aliphatic carbocycles. The quantitative estimate of drug-likeness (QED) is 0.681. The Hall–Kier alpha value is -2.22. The van der Waals surface area contributed by atoms with Crippen LogP contribution in [0, 0.1) is 0 Å². The van der Waals surface area contributed by atoms with Crippen LogP contribution in [0.5, 0.6) is 0 Å². The highest BCUT2D eigenvalue weighted by Gasteiger charge is 2.20. The lowest BCUT2D eigenvalue weighted by Gasteiger charge is -2.14. The van der Waals surface area contributed by atoms with E-state index in [2.05, 4.69) is 4.72 Å². The normalized spacial score (nSPS) is 12.9. The van der Waals surface area contributed by atoms with Gasteiger partial charge in [0, 0.05) is 11.6 Å². The molecule has 1 unspecified atom stereocenters. The molecule has 2 heterocycles. The van der Waals surface area contributed by atoms with E-state index in [0.29, 0.717) is 11.1 Å². The molecule has 124 valence electrons. The van der Waals surface area contributed by atoms with Gasteiger partial charge in [0.2, 0.25) is 5.78 Å². The zero-order chi connectivity index (χ0) is 17.2. The summed E-state index contributed by atoms with van der Waals surface area (Å²) in [6, 6.07) is 12.9. The van der Waals surface area contributed by atoms with Crippen LogP contribution in [-0.2, 0) is 10.0 Å². The average molecular weight is 361 g/mol. The minimum atomic E-state index is -3.58. The van der Waals surface area contributed by atoms with Crippen molar-refractivity contribution in [1.82, 2.24) is 4.72 Å². The van der Waals surface area contributed by atoms with E-state index in [1.165, 1.54) is 6.26 Å². The number of hydrogen-bond acceptors (Lipinski definition) is 5. The Morgan fingerprint density at radius 2 is 2.00 bits per heavy atom. The molecular weight excluding hydrogens is 346 g/mol. The first-order valence-electron chi connectivity index (χ1n) is 7.21. The SMILES string of the molecule is CC(NS(=O)(=O)c1cccs1)c1cccc(C(=O)c2ccco2)c1. The number of thiophene rings is 1. The second-order valence-corrected chi connectivity index (χ2v) is 8.10. The van der Waals surface area contributed by atoms with E-state index in [0.717, 1.165) is 11.3 Å². The fraction of sp³-hybridized carbons (Fsp3) is 0.118. The number of sulfonamides is 1. The Morgan fingerprint density at radius 1 is 1.17 bits per heavy atom. The Bertz CT molecular complexity index is 929. The number of nitrogens with one attached hydrogen (secondary N) is 1. The predicted octanol–water partition coefficient (Wildman–Crippen LogP) is 3.61. The zero-order valence-electron chi connectivity index (χ0n) is 12.8. The van der Waals surface area contributed by atoms with Gasteiger partial charge in [0.25, 0.3) is 10.0 Å². The monoisotopic (exact) mass is 361 g/mol. The highest BCUT2D eigenvalue weighted by Crippen LogP contribution is 2.21. The van der Waals surface area contributed by atoms with Crippen LogP contribution in [0.3, 0.4) is 0 Å². The highest BCUT2D eigenvalue weighted by molar-refractivity contribution is 7.91. The first-order chi connectivity index (χ1) is 11.5. The topological polar surface area (TPSA) is 76.4 Å². The third-order valence-corrected chi connectivity index (χ3v) is 6.42. The molecule has 0 radical (unpaired) electrons. The molecule has 3 rings (SSSR count). The van der Waals surface area contributed by atoms with Gasteiger partial charge in [-0.3, -0.25) is 4.79 Å². The van der Waals surface area contributed by atoms with E-state index in [1.54, 1.807) is 60.8 Å². The van der Waals surface area contributed by atoms with Gasteiger partial charge in [-0.25, -0.2) is 13.1 Å². The fourth-order valence-corrected chi connectivity index (χ4v) is 4.52. The van der Waals surface area contributed by atoms with Crippen molar-refractivity contribution in [2.45, 2.75) is 17.2 Å². The average Bonchev–Trinajstić information content (AvgIpc) is 3.27. The molecule has 0 saturated carbocycles. The molecule has 2 aromatic heterocycles. The van der Waals surface area contributed by atoms with Gasteiger partial charge in [0.15, 0.2) is 5.76 Å². The van der Waals surface area contributed by atoms with Crippen molar-refractivity contribution in [2.75, 3.05) is 0 Å². The molecule has 1 N–H and O–H groups in total. The van der Waals surface area contributed by atoms with E-state index < -0.39 is 16.1 Å². The number of benzene rings is 1. The van der Waals surface area contributed by atoms with Gasteiger partial charge in [0.1, 0.15) is 4.21 Å². The molecule has 0 bridgehead atoms. The molecule has 1 aromatic carbocycles. The summed E-state index contributed by atoms with van der Waals surface area (Å²) in [5.74, 6) is 0.00846. The highest BCUT2D eigenvalue weighted by atomic mass is 32.2. The van der Waals surface area contributed by atoms with Crippen LogP contribution in [0.4, 0.5) is 0 Å². The number of carbonyl (C=O) groups is 1. The van der Waals surface area contributed by atoms with Crippen LogP contribution in [-0.4, -0.2) is 14.2 Å². The maximum atomic E-state index is 12.3. The molecular formula is C17H15NO4S2. The third-order valence-electron chi connectivity index (χ3n) is 3.49. The molecule has 0 amide bonds. The number of hydrogen-bond donors (Lipinski definition) is 1. The van der Waals surface area contributed by atoms with E-state index in [9.17, 15) is 13.2 Å². The first-order valence-corrected chi connectivity index (χ1v) is 9.57. The molecule has 3 aromatic rings. The van der Waals surface area contributed by atoms with Gasteiger partial charge in [-0.05, 0) is 42.1 Å². The Labute approximate surface area is 144 Å². The van der Waals surface area contributed by atoms with Crippen molar-refractivity contribution < 1.29 is 17.6 Å². The lowest BCUT2D eigenvalue weighted by atomic mass is 10.0. The molecule has 0 saturated heterocycles. The molecule has 1 atom stereocenters. The van der Waals surface area contributed by atoms with Crippen molar-refractivity contribution in [3.63, 3.8) is 0 Å². The Morgan fingerprint density at radius 3 is 2.67 bits per heavy atom. The summed E-state index contributed by atoms with van der Waals surface area (Å²) < 4.78 is 32.6. The number of carbonyl (C=O) groups excluding carboxylic acids is 1. The van der Waals surface area contributed by atoms with E-state index in [1.807, 2.05) is 0 Å². The first kappa shape index (κ1) is 16.6. The molecule has 5 nitrogen and oxygen atoms in total. The summed E-state index contributed by atoms with van der Waals surface area (Å²) in [7, 11) is -3.58. The molecule has 0 spiro atoms. The lowest BCUT2D eigenvalue weighted by molar-refractivity contribution is 0.101. The van der Waals surface area contributed by atoms with Crippen molar-refractivity contribution >= 4 is 27.1 Å². The summed E-state index contributed by atoms with van der Waals surface area (Å²) >= 11 is 1.16. The van der Waals surface area contributed by atoms with Crippen molar-refractivity contribution in [1.29, 1.82) is 0 Å². The number of ketones is 1. The minimum absolute atomic E-state index is 0.241. The van der Waals surface area contributed by atoms with Gasteiger partial charge >= 0.3 is 0 Å². The smallest absolute Gasteiger partial charge is 0.250 e. The van der Waals surface area contributed by atoms with Crippen LogP contribution in [0.1, 0.15) is 34.6 Å². The zero-order valence-corrected chi connectivity index (χ0v) is 14.4.